The standard InChI is InChI=1S/C31H39ClF3NO3Si/c1-28(2,3)40(4,5)39-22-18-29(11-6-12-29)17-21-23(22)25-24(27(32)36-21)26(38-30(25)13-15-37-16-14-30)19-7-9-20(10-8-19)31(33,34)35/h7-10,22,26H,6,11-18H2,1-5H3. The Morgan fingerprint density at radius 2 is 1.65 bits per heavy atom. The van der Waals surface area contributed by atoms with Crippen LogP contribution < -0.4 is 0 Å². The molecule has 6 rings (SSSR count). The molecule has 2 aromatic rings. The van der Waals surface area contributed by atoms with Gasteiger partial charge in [0.15, 0.2) is 8.32 Å². The number of aromatic nitrogens is 1. The van der Waals surface area contributed by atoms with E-state index in [-0.39, 0.29) is 16.6 Å². The van der Waals surface area contributed by atoms with Crippen LogP contribution in [0.2, 0.25) is 23.3 Å². The number of benzene rings is 1. The van der Waals surface area contributed by atoms with Gasteiger partial charge in [-0.15, -0.1) is 0 Å². The number of halogens is 4. The SMILES string of the molecule is CC(C)(C)[Si](C)(C)OC1CC2(CCC2)Cc2nc(Cl)c3c(c21)C1(CCOCC1)OC3c1ccc(C(F)(F)F)cc1. The van der Waals surface area contributed by atoms with E-state index in [1.807, 2.05) is 0 Å². The number of nitrogens with zero attached hydrogens (tertiary/aromatic N) is 1. The molecule has 9 heteroatoms. The van der Waals surface area contributed by atoms with E-state index >= 15 is 0 Å². The highest BCUT2D eigenvalue weighted by Gasteiger charge is 2.55. The van der Waals surface area contributed by atoms with Crippen molar-refractivity contribution in [3.8, 4) is 0 Å². The summed E-state index contributed by atoms with van der Waals surface area (Å²) in [6.07, 6.45) is 1.59. The lowest BCUT2D eigenvalue weighted by molar-refractivity contribution is -0.137. The van der Waals surface area contributed by atoms with Crippen LogP contribution in [0.5, 0.6) is 0 Å². The van der Waals surface area contributed by atoms with Crippen molar-refractivity contribution in [3.05, 3.63) is 62.9 Å². The van der Waals surface area contributed by atoms with Gasteiger partial charge in [0.1, 0.15) is 11.3 Å². The average molecular weight is 594 g/mol. The molecule has 1 saturated heterocycles. The molecule has 40 heavy (non-hydrogen) atoms. The third kappa shape index (κ3) is 4.66. The molecule has 2 unspecified atom stereocenters. The maximum atomic E-state index is 13.3. The van der Waals surface area contributed by atoms with Gasteiger partial charge in [0.2, 0.25) is 0 Å². The summed E-state index contributed by atoms with van der Waals surface area (Å²) >= 11 is 7.03. The van der Waals surface area contributed by atoms with Crippen molar-refractivity contribution in [3.63, 3.8) is 0 Å². The monoisotopic (exact) mass is 593 g/mol. The topological polar surface area (TPSA) is 40.6 Å². The third-order valence-electron chi connectivity index (χ3n) is 10.3. The van der Waals surface area contributed by atoms with Gasteiger partial charge in [-0.3, -0.25) is 0 Å². The summed E-state index contributed by atoms with van der Waals surface area (Å²) in [6.45, 7) is 12.5. The van der Waals surface area contributed by atoms with Crippen LogP contribution in [0.4, 0.5) is 13.2 Å². The minimum atomic E-state index is -4.40. The maximum Gasteiger partial charge on any atom is 0.416 e. The summed E-state index contributed by atoms with van der Waals surface area (Å²) in [5.41, 5.74) is 3.51. The zero-order valence-electron chi connectivity index (χ0n) is 24.0. The van der Waals surface area contributed by atoms with Crippen molar-refractivity contribution < 1.29 is 27.1 Å². The van der Waals surface area contributed by atoms with Gasteiger partial charge in [-0.25, -0.2) is 4.98 Å². The predicted molar refractivity (Wildman–Crippen MR) is 151 cm³/mol. The highest BCUT2D eigenvalue weighted by atomic mass is 35.5. The van der Waals surface area contributed by atoms with Crippen LogP contribution in [-0.2, 0) is 32.1 Å². The molecule has 2 aliphatic heterocycles. The smallest absolute Gasteiger partial charge is 0.410 e. The number of fused-ring (bicyclic) bond motifs is 4. The maximum absolute atomic E-state index is 13.3. The Hall–Kier alpha value is -1.45. The van der Waals surface area contributed by atoms with Crippen LogP contribution >= 0.6 is 11.6 Å². The van der Waals surface area contributed by atoms with Crippen molar-refractivity contribution in [1.82, 2.24) is 4.98 Å². The molecule has 4 nitrogen and oxygen atoms in total. The number of hydrogen-bond donors (Lipinski definition) is 0. The van der Waals surface area contributed by atoms with Crippen LogP contribution in [0, 0.1) is 5.41 Å². The minimum absolute atomic E-state index is 0.0377. The van der Waals surface area contributed by atoms with Crippen LogP contribution in [-0.4, -0.2) is 26.5 Å². The van der Waals surface area contributed by atoms with Gasteiger partial charge < -0.3 is 13.9 Å². The molecule has 2 fully saturated rings. The van der Waals surface area contributed by atoms with E-state index in [0.717, 1.165) is 47.4 Å². The van der Waals surface area contributed by atoms with Crippen molar-refractivity contribution in [2.24, 2.45) is 5.41 Å². The van der Waals surface area contributed by atoms with Crippen molar-refractivity contribution in [1.29, 1.82) is 0 Å². The lowest BCUT2D eigenvalue weighted by Crippen LogP contribution is -2.46. The van der Waals surface area contributed by atoms with Gasteiger partial charge >= 0.3 is 6.18 Å². The Labute approximate surface area is 241 Å². The molecule has 2 atom stereocenters. The summed E-state index contributed by atoms with van der Waals surface area (Å²) in [6, 6.07) is 5.27. The predicted octanol–water partition coefficient (Wildman–Crippen LogP) is 9.06. The summed E-state index contributed by atoms with van der Waals surface area (Å²) in [5.74, 6) is 0. The molecule has 3 heterocycles. The fourth-order valence-corrected chi connectivity index (χ4v) is 8.51. The molecule has 2 spiro atoms. The zero-order valence-corrected chi connectivity index (χ0v) is 25.8. The molecule has 0 N–H and O–H groups in total. The highest BCUT2D eigenvalue weighted by Crippen LogP contribution is 2.61. The lowest BCUT2D eigenvalue weighted by Gasteiger charge is -2.51. The second-order valence-corrected chi connectivity index (χ2v) is 19.0. The molecule has 0 radical (unpaired) electrons. The van der Waals surface area contributed by atoms with Crippen LogP contribution in [0.15, 0.2) is 24.3 Å². The van der Waals surface area contributed by atoms with Crippen molar-refractivity contribution in [2.75, 3.05) is 13.2 Å². The Balaban J connectivity index is 1.53. The molecule has 0 bridgehead atoms. The molecule has 218 valence electrons. The second-order valence-electron chi connectivity index (χ2n) is 13.9. The summed E-state index contributed by atoms with van der Waals surface area (Å²) < 4.78 is 60.0. The zero-order chi connectivity index (χ0) is 28.7. The van der Waals surface area contributed by atoms with Gasteiger partial charge in [-0.05, 0) is 66.9 Å². The molecule has 1 aromatic heterocycles. The van der Waals surface area contributed by atoms with Gasteiger partial charge in [0, 0.05) is 48.4 Å². The molecular weight excluding hydrogens is 555 g/mol. The van der Waals surface area contributed by atoms with Gasteiger partial charge in [-0.1, -0.05) is 50.9 Å². The quantitative estimate of drug-likeness (QED) is 0.263. The molecule has 2 aliphatic carbocycles. The van der Waals surface area contributed by atoms with E-state index in [4.69, 9.17) is 30.5 Å². The molecule has 0 amide bonds. The number of ether oxygens (including phenoxy) is 2. The van der Waals surface area contributed by atoms with E-state index in [0.29, 0.717) is 36.8 Å². The Morgan fingerprint density at radius 1 is 1.00 bits per heavy atom. The first-order valence-corrected chi connectivity index (χ1v) is 17.8. The van der Waals surface area contributed by atoms with E-state index < -0.39 is 31.8 Å². The number of alkyl halides is 3. The van der Waals surface area contributed by atoms with Gasteiger partial charge in [-0.2, -0.15) is 13.2 Å². The van der Waals surface area contributed by atoms with E-state index in [2.05, 4.69) is 33.9 Å². The second kappa shape index (κ2) is 9.53. The molecular formula is C31H39ClF3NO3Si. The number of hydrogen-bond acceptors (Lipinski definition) is 4. The average Bonchev–Trinajstić information content (AvgIpc) is 3.16. The first-order valence-electron chi connectivity index (χ1n) is 14.5. The molecule has 1 aromatic carbocycles. The minimum Gasteiger partial charge on any atom is -0.410 e. The fraction of sp³-hybridized carbons (Fsp3) is 0.645. The number of rotatable bonds is 3. The summed E-state index contributed by atoms with van der Waals surface area (Å²) in [5, 5.41) is 0.431. The van der Waals surface area contributed by atoms with E-state index in [1.165, 1.54) is 31.4 Å². The molecule has 4 aliphatic rings. The molecule has 1 saturated carbocycles. The Kier molecular flexibility index (Phi) is 6.83. The Morgan fingerprint density at radius 3 is 2.20 bits per heavy atom. The largest absolute Gasteiger partial charge is 0.416 e. The summed E-state index contributed by atoms with van der Waals surface area (Å²) in [4.78, 5) is 5.03. The van der Waals surface area contributed by atoms with Crippen LogP contribution in [0.25, 0.3) is 0 Å². The van der Waals surface area contributed by atoms with Crippen molar-refractivity contribution in [2.45, 2.75) is 108 Å². The van der Waals surface area contributed by atoms with E-state index in [9.17, 15) is 13.2 Å². The Bertz CT molecular complexity index is 1290. The normalized spacial score (nSPS) is 25.5. The first-order chi connectivity index (χ1) is 18.6. The van der Waals surface area contributed by atoms with Gasteiger partial charge in [0.25, 0.3) is 0 Å². The number of pyridine rings is 1. The van der Waals surface area contributed by atoms with E-state index in [1.54, 1.807) is 0 Å². The third-order valence-corrected chi connectivity index (χ3v) is 15.1. The highest BCUT2D eigenvalue weighted by molar-refractivity contribution is 6.74. The van der Waals surface area contributed by atoms with Crippen LogP contribution in [0.3, 0.4) is 0 Å². The van der Waals surface area contributed by atoms with Gasteiger partial charge in [0.05, 0.1) is 17.3 Å². The fourth-order valence-electron chi connectivity index (χ4n) is 6.95. The van der Waals surface area contributed by atoms with Crippen molar-refractivity contribution >= 4 is 19.9 Å². The van der Waals surface area contributed by atoms with Crippen LogP contribution in [0.1, 0.15) is 105 Å². The first kappa shape index (κ1) is 28.7. The summed E-state index contributed by atoms with van der Waals surface area (Å²) in [7, 11) is -2.16. The lowest BCUT2D eigenvalue weighted by atomic mass is 9.59.